The summed E-state index contributed by atoms with van der Waals surface area (Å²) < 4.78 is 53.5. The lowest BCUT2D eigenvalue weighted by Gasteiger charge is -2.14. The van der Waals surface area contributed by atoms with Gasteiger partial charge < -0.3 is 0 Å². The first-order chi connectivity index (χ1) is 10.2. The van der Waals surface area contributed by atoms with Gasteiger partial charge in [-0.1, -0.05) is 0 Å². The summed E-state index contributed by atoms with van der Waals surface area (Å²) in [7, 11) is 0. The number of rotatable bonds is 5. The van der Waals surface area contributed by atoms with Crippen LogP contribution in [0.3, 0.4) is 0 Å². The molecule has 0 fully saturated rings. The van der Waals surface area contributed by atoms with Crippen LogP contribution in [0.1, 0.15) is 25.1 Å². The summed E-state index contributed by atoms with van der Waals surface area (Å²) in [5.41, 5.74) is 0.176. The molecular weight excluding hydrogens is 346 g/mol. The van der Waals surface area contributed by atoms with Crippen molar-refractivity contribution in [2.24, 2.45) is 0 Å². The number of aryl methyl sites for hydroxylation is 1. The normalized spacial score (nSPS) is 21.9. The third kappa shape index (κ3) is 3.52. The van der Waals surface area contributed by atoms with Crippen molar-refractivity contribution in [1.82, 2.24) is 15.3 Å². The second-order valence-corrected chi connectivity index (χ2v) is 6.16. The number of halogens is 5. The van der Waals surface area contributed by atoms with Gasteiger partial charge in [0.05, 0.1) is 10.9 Å². The van der Waals surface area contributed by atoms with Gasteiger partial charge in [-0.3, -0.25) is 10.3 Å². The first kappa shape index (κ1) is 17.4. The molecule has 2 rings (SSSR count). The Morgan fingerprint density at radius 1 is 1.50 bits per heavy atom. The summed E-state index contributed by atoms with van der Waals surface area (Å²) in [6.45, 7) is 3.26. The molecule has 0 aromatic carbocycles. The van der Waals surface area contributed by atoms with Crippen LogP contribution in [0.25, 0.3) is 0 Å². The lowest BCUT2D eigenvalue weighted by Crippen LogP contribution is -2.27. The van der Waals surface area contributed by atoms with Crippen LogP contribution in [0.15, 0.2) is 11.1 Å². The van der Waals surface area contributed by atoms with Crippen molar-refractivity contribution >= 4 is 23.4 Å². The highest BCUT2D eigenvalue weighted by Crippen LogP contribution is 2.36. The van der Waals surface area contributed by atoms with Gasteiger partial charge in [0, 0.05) is 17.9 Å². The number of thioether (sulfide) groups is 1. The van der Waals surface area contributed by atoms with Crippen LogP contribution < -0.4 is 5.48 Å². The molecule has 0 aliphatic carbocycles. The minimum atomic E-state index is -4.70. The molecule has 0 bridgehead atoms. The highest BCUT2D eigenvalue weighted by atomic mass is 35.5. The van der Waals surface area contributed by atoms with Gasteiger partial charge >= 0.3 is 6.18 Å². The van der Waals surface area contributed by atoms with E-state index in [-0.39, 0.29) is 18.2 Å². The first-order valence-corrected chi connectivity index (χ1v) is 7.90. The van der Waals surface area contributed by atoms with Crippen molar-refractivity contribution < 1.29 is 22.4 Å². The van der Waals surface area contributed by atoms with Crippen LogP contribution in [0, 0.1) is 5.95 Å². The zero-order chi connectivity index (χ0) is 16.5. The maximum atomic E-state index is 14.0. The average Bonchev–Trinajstić information content (AvgIpc) is 2.98. The smallest absolute Gasteiger partial charge is 0.264 e. The zero-order valence-corrected chi connectivity index (χ0v) is 13.4. The summed E-state index contributed by atoms with van der Waals surface area (Å²) in [6, 6.07) is 0. The Hall–Kier alpha value is -0.930. The molecule has 2 heterocycles. The Morgan fingerprint density at radius 3 is 2.68 bits per heavy atom. The summed E-state index contributed by atoms with van der Waals surface area (Å²) >= 11 is 6.72. The molecular formula is C12H14ClF4N3OS. The molecule has 4 nitrogen and oxygen atoms in total. The van der Waals surface area contributed by atoms with Gasteiger partial charge in [-0.25, -0.2) is 4.68 Å². The Balaban J connectivity index is 2.20. The van der Waals surface area contributed by atoms with Crippen molar-refractivity contribution in [2.45, 2.75) is 37.9 Å². The van der Waals surface area contributed by atoms with Crippen LogP contribution in [0.4, 0.5) is 17.6 Å². The van der Waals surface area contributed by atoms with E-state index < -0.39 is 29.0 Å². The monoisotopic (exact) mass is 359 g/mol. The minimum absolute atomic E-state index is 0.0218. The highest BCUT2D eigenvalue weighted by molar-refractivity contribution is 8.02. The number of hydrogen-bond donors (Lipinski definition) is 1. The second kappa shape index (κ2) is 6.29. The Morgan fingerprint density at radius 2 is 2.18 bits per heavy atom. The van der Waals surface area contributed by atoms with E-state index in [1.54, 1.807) is 13.0 Å². The number of nitrogens with zero attached hydrogens (tertiary/aromatic N) is 2. The molecule has 0 saturated carbocycles. The number of alkyl halides is 4. The number of hydrogen-bond acceptors (Lipinski definition) is 4. The van der Waals surface area contributed by atoms with E-state index >= 15 is 0 Å². The lowest BCUT2D eigenvalue weighted by molar-refractivity contribution is -0.142. The van der Waals surface area contributed by atoms with Crippen LogP contribution >= 0.6 is 23.4 Å². The SMILES string of the molecule is CCn1nc(C(F)(F)F)c(CSC2=CC(C)(CCl)ON2)c1F. The van der Waals surface area contributed by atoms with Gasteiger partial charge in [0.25, 0.3) is 0 Å². The first-order valence-electron chi connectivity index (χ1n) is 6.38. The van der Waals surface area contributed by atoms with Gasteiger partial charge in [-0.05, 0) is 19.9 Å². The average molecular weight is 360 g/mol. The maximum Gasteiger partial charge on any atom is 0.435 e. The van der Waals surface area contributed by atoms with Crippen molar-refractivity contribution in [1.29, 1.82) is 0 Å². The van der Waals surface area contributed by atoms with E-state index in [1.165, 1.54) is 6.92 Å². The van der Waals surface area contributed by atoms with Crippen molar-refractivity contribution in [3.8, 4) is 0 Å². The molecule has 22 heavy (non-hydrogen) atoms. The number of aromatic nitrogens is 2. The van der Waals surface area contributed by atoms with E-state index in [2.05, 4.69) is 10.6 Å². The summed E-state index contributed by atoms with van der Waals surface area (Å²) in [5, 5.41) is 3.79. The maximum absolute atomic E-state index is 14.0. The van der Waals surface area contributed by atoms with E-state index in [0.717, 1.165) is 11.8 Å². The van der Waals surface area contributed by atoms with Crippen molar-refractivity contribution in [3.05, 3.63) is 28.3 Å². The molecule has 124 valence electrons. The summed E-state index contributed by atoms with van der Waals surface area (Å²) in [6.07, 6.45) is -3.05. The summed E-state index contributed by atoms with van der Waals surface area (Å²) in [4.78, 5) is 5.21. The second-order valence-electron chi connectivity index (χ2n) is 4.88. The van der Waals surface area contributed by atoms with Crippen molar-refractivity contribution in [2.75, 3.05) is 5.88 Å². The third-order valence-corrected chi connectivity index (χ3v) is 4.48. The number of hydroxylamine groups is 1. The Bertz CT molecular complexity index is 590. The molecule has 1 aliphatic rings. The van der Waals surface area contributed by atoms with Crippen molar-refractivity contribution in [3.63, 3.8) is 0 Å². The third-order valence-electron chi connectivity index (χ3n) is 3.01. The summed E-state index contributed by atoms with van der Waals surface area (Å²) in [5.74, 6) is -1.01. The lowest BCUT2D eigenvalue weighted by atomic mass is 10.1. The van der Waals surface area contributed by atoms with E-state index in [4.69, 9.17) is 16.4 Å². The fourth-order valence-corrected chi connectivity index (χ4v) is 2.95. The molecule has 0 radical (unpaired) electrons. The molecule has 1 aromatic heterocycles. The minimum Gasteiger partial charge on any atom is -0.264 e. The van der Waals surface area contributed by atoms with Gasteiger partial charge in [0.15, 0.2) is 5.69 Å². The van der Waals surface area contributed by atoms with Gasteiger partial charge in [-0.2, -0.15) is 22.7 Å². The van der Waals surface area contributed by atoms with Gasteiger partial charge in [0.1, 0.15) is 5.60 Å². The zero-order valence-electron chi connectivity index (χ0n) is 11.8. The van der Waals surface area contributed by atoms with E-state index in [0.29, 0.717) is 9.71 Å². The quantitative estimate of drug-likeness (QED) is 0.643. The predicted octanol–water partition coefficient (Wildman–Crippen LogP) is 3.67. The molecule has 1 unspecified atom stereocenters. The van der Waals surface area contributed by atoms with Crippen LogP contribution in [-0.2, 0) is 23.3 Å². The predicted molar refractivity (Wildman–Crippen MR) is 75.6 cm³/mol. The molecule has 1 aromatic rings. The fourth-order valence-electron chi connectivity index (χ4n) is 1.83. The molecule has 1 atom stereocenters. The van der Waals surface area contributed by atoms with Gasteiger partial charge in [-0.15, -0.1) is 23.4 Å². The van der Waals surface area contributed by atoms with E-state index in [1.807, 2.05) is 0 Å². The van der Waals surface area contributed by atoms with Crippen LogP contribution in [0.2, 0.25) is 0 Å². The molecule has 10 heteroatoms. The van der Waals surface area contributed by atoms with Gasteiger partial charge in [0.2, 0.25) is 5.95 Å². The standard InChI is InChI=1S/C12H14ClF4N3OS/c1-3-20-10(14)7(9(18-20)12(15,16)17)5-22-8-4-11(2,6-13)21-19-8/h4,19H,3,5-6H2,1-2H3. The topological polar surface area (TPSA) is 39.1 Å². The molecule has 1 aliphatic heterocycles. The Labute approximate surface area is 133 Å². The fraction of sp³-hybridized carbons (Fsp3) is 0.583. The molecule has 1 N–H and O–H groups in total. The van der Waals surface area contributed by atoms with Crippen LogP contribution in [0.5, 0.6) is 0 Å². The molecule has 0 amide bonds. The Kier molecular flexibility index (Phi) is 4.98. The van der Waals surface area contributed by atoms with E-state index in [9.17, 15) is 17.6 Å². The number of nitrogens with one attached hydrogen (secondary N) is 1. The van der Waals surface area contributed by atoms with Crippen LogP contribution in [-0.4, -0.2) is 21.3 Å². The largest absolute Gasteiger partial charge is 0.435 e. The molecule has 0 saturated heterocycles. The highest BCUT2D eigenvalue weighted by Gasteiger charge is 2.39. The molecule has 0 spiro atoms.